The van der Waals surface area contributed by atoms with E-state index in [4.69, 9.17) is 4.74 Å². The molecule has 1 N–H and O–H groups in total. The average Bonchev–Trinajstić information content (AvgIpc) is 3.22. The number of methoxy groups -OCH3 is 1. The molecule has 0 aromatic heterocycles. The molecule has 0 bridgehead atoms. The van der Waals surface area contributed by atoms with Gasteiger partial charge in [-0.05, 0) is 32.1 Å². The lowest BCUT2D eigenvalue weighted by molar-refractivity contribution is -0.133. The predicted molar refractivity (Wildman–Crippen MR) is 129 cm³/mol. The minimum Gasteiger partial charge on any atom is -0.383 e. The highest BCUT2D eigenvalue weighted by atomic mass is 33.1. The Morgan fingerprint density at radius 1 is 1.03 bits per heavy atom. The third-order valence-corrected chi connectivity index (χ3v) is 7.26. The van der Waals surface area contributed by atoms with Crippen molar-refractivity contribution < 1.29 is 19.1 Å². The third kappa shape index (κ3) is 14.3. The Hall–Kier alpha value is -0.730. The molecule has 0 aliphatic carbocycles. The van der Waals surface area contributed by atoms with Crippen LogP contribution in [0.15, 0.2) is 0 Å². The summed E-state index contributed by atoms with van der Waals surface area (Å²) < 4.78 is 5.20. The van der Waals surface area contributed by atoms with E-state index in [-0.39, 0.29) is 23.6 Å². The lowest BCUT2D eigenvalue weighted by Gasteiger charge is -2.24. The topological polar surface area (TPSA) is 75.7 Å². The molecule has 1 fully saturated rings. The van der Waals surface area contributed by atoms with E-state index in [0.717, 1.165) is 50.2 Å². The summed E-state index contributed by atoms with van der Waals surface area (Å²) in [5, 5.41) is 2.92. The van der Waals surface area contributed by atoms with Gasteiger partial charge in [-0.3, -0.25) is 14.4 Å². The number of ether oxygens (including phenoxy) is 1. The van der Waals surface area contributed by atoms with Gasteiger partial charge < -0.3 is 15.0 Å². The summed E-state index contributed by atoms with van der Waals surface area (Å²) >= 11 is 0. The lowest BCUT2D eigenvalue weighted by Crippen LogP contribution is -2.38. The molecule has 8 heteroatoms. The van der Waals surface area contributed by atoms with Gasteiger partial charge in [-0.25, -0.2) is 0 Å². The van der Waals surface area contributed by atoms with E-state index in [9.17, 15) is 14.4 Å². The maximum absolute atomic E-state index is 12.3. The Bertz CT molecular complexity index is 478. The number of amides is 2. The number of carbonyl (C=O) groups excluding carboxylic acids is 3. The van der Waals surface area contributed by atoms with Crippen molar-refractivity contribution in [2.45, 2.75) is 84.6 Å². The Kier molecular flexibility index (Phi) is 19.7. The van der Waals surface area contributed by atoms with Gasteiger partial charge in [0.15, 0.2) is 0 Å². The Labute approximate surface area is 191 Å². The van der Waals surface area contributed by atoms with E-state index in [0.29, 0.717) is 38.8 Å². The molecule has 30 heavy (non-hydrogen) atoms. The van der Waals surface area contributed by atoms with E-state index in [1.807, 2.05) is 25.7 Å². The van der Waals surface area contributed by atoms with Gasteiger partial charge in [0.1, 0.15) is 5.78 Å². The van der Waals surface area contributed by atoms with Crippen LogP contribution in [0.3, 0.4) is 0 Å². The second kappa shape index (κ2) is 20.2. The molecule has 0 saturated carbocycles. The fraction of sp³-hybridized carbons (Fsp3) is 0.864. The second-order valence-electron chi connectivity index (χ2n) is 7.04. The summed E-state index contributed by atoms with van der Waals surface area (Å²) in [6, 6.07) is 0.260. The van der Waals surface area contributed by atoms with Crippen molar-refractivity contribution in [2.75, 3.05) is 38.3 Å². The Balaban J connectivity index is 0.00000407. The van der Waals surface area contributed by atoms with E-state index in [2.05, 4.69) is 5.32 Å². The standard InChI is InChI=1S/C20H36N2O4S2.C2H6/c1-3-18(23)9-4-5-10-19(24)21-12-15-28-27-14-7-11-20(25)22-13-6-8-17(22)16-26-2;1-2/h17H,3-16H2,1-2H3,(H,21,24);1-2H3. The van der Waals surface area contributed by atoms with Gasteiger partial charge in [0.05, 0.1) is 12.6 Å². The maximum Gasteiger partial charge on any atom is 0.222 e. The molecule has 1 unspecified atom stereocenters. The number of nitrogens with one attached hydrogen (secondary N) is 1. The number of hydrogen-bond donors (Lipinski definition) is 1. The van der Waals surface area contributed by atoms with Crippen molar-refractivity contribution in [1.82, 2.24) is 10.2 Å². The van der Waals surface area contributed by atoms with Gasteiger partial charge in [-0.15, -0.1) is 0 Å². The quantitative estimate of drug-likeness (QED) is 0.269. The van der Waals surface area contributed by atoms with Crippen LogP contribution in [0.4, 0.5) is 0 Å². The molecule has 1 saturated heterocycles. The van der Waals surface area contributed by atoms with Crippen molar-refractivity contribution >= 4 is 39.2 Å². The minimum absolute atomic E-state index is 0.0661. The minimum atomic E-state index is 0.0661. The first-order chi connectivity index (χ1) is 14.6. The van der Waals surface area contributed by atoms with Gasteiger partial charge >= 0.3 is 0 Å². The molecule has 0 spiro atoms. The predicted octanol–water partition coefficient (Wildman–Crippen LogP) is 4.47. The van der Waals surface area contributed by atoms with Crippen LogP contribution in [0.2, 0.25) is 0 Å². The fourth-order valence-electron chi connectivity index (χ4n) is 3.18. The molecule has 0 radical (unpaired) electrons. The van der Waals surface area contributed by atoms with Gasteiger partial charge in [-0.2, -0.15) is 0 Å². The molecule has 176 valence electrons. The number of hydrogen-bond acceptors (Lipinski definition) is 6. The Morgan fingerprint density at radius 3 is 2.43 bits per heavy atom. The molecule has 6 nitrogen and oxygen atoms in total. The number of carbonyl (C=O) groups is 3. The van der Waals surface area contributed by atoms with E-state index < -0.39 is 0 Å². The summed E-state index contributed by atoms with van der Waals surface area (Å²) in [4.78, 5) is 37.2. The molecule has 0 aromatic carbocycles. The number of ketones is 1. The number of nitrogens with zero attached hydrogens (tertiary/aromatic N) is 1. The van der Waals surface area contributed by atoms with Crippen molar-refractivity contribution in [3.05, 3.63) is 0 Å². The first-order valence-electron chi connectivity index (χ1n) is 11.4. The van der Waals surface area contributed by atoms with Crippen LogP contribution in [0.25, 0.3) is 0 Å². The Morgan fingerprint density at radius 2 is 1.73 bits per heavy atom. The average molecular weight is 463 g/mol. The summed E-state index contributed by atoms with van der Waals surface area (Å²) in [5.74, 6) is 2.39. The zero-order valence-electron chi connectivity index (χ0n) is 19.4. The zero-order valence-corrected chi connectivity index (χ0v) is 21.0. The monoisotopic (exact) mass is 462 g/mol. The van der Waals surface area contributed by atoms with Gasteiger partial charge in [-0.1, -0.05) is 42.4 Å². The third-order valence-electron chi connectivity index (χ3n) is 4.77. The van der Waals surface area contributed by atoms with Gasteiger partial charge in [0.2, 0.25) is 11.8 Å². The second-order valence-corrected chi connectivity index (χ2v) is 9.74. The summed E-state index contributed by atoms with van der Waals surface area (Å²) in [5.41, 5.74) is 0. The number of unbranched alkanes of at least 4 members (excludes halogenated alkanes) is 1. The molecule has 1 heterocycles. The molecule has 1 aliphatic heterocycles. The largest absolute Gasteiger partial charge is 0.383 e. The number of rotatable bonds is 16. The van der Waals surface area contributed by atoms with Crippen molar-refractivity contribution in [1.29, 1.82) is 0 Å². The maximum atomic E-state index is 12.3. The normalized spacial score (nSPS) is 15.5. The van der Waals surface area contributed by atoms with Crippen LogP contribution in [0.1, 0.15) is 78.6 Å². The van der Waals surface area contributed by atoms with Crippen LogP contribution < -0.4 is 5.32 Å². The highest BCUT2D eigenvalue weighted by molar-refractivity contribution is 8.76. The fourth-order valence-corrected chi connectivity index (χ4v) is 5.17. The number of likely N-dealkylation sites (tertiary alicyclic amines) is 1. The lowest BCUT2D eigenvalue weighted by atomic mass is 10.1. The molecule has 2 amide bonds. The molecular formula is C22H42N2O4S2. The van der Waals surface area contributed by atoms with E-state index >= 15 is 0 Å². The smallest absolute Gasteiger partial charge is 0.222 e. The number of Topliss-reactive ketones (excluding diaryl/α,β-unsaturated/α-hetero) is 1. The van der Waals surface area contributed by atoms with Crippen LogP contribution in [-0.4, -0.2) is 66.9 Å². The summed E-state index contributed by atoms with van der Waals surface area (Å²) in [7, 11) is 5.18. The van der Waals surface area contributed by atoms with E-state index in [1.165, 1.54) is 0 Å². The molecule has 1 atom stereocenters. The van der Waals surface area contributed by atoms with Gasteiger partial charge in [0.25, 0.3) is 0 Å². The summed E-state index contributed by atoms with van der Waals surface area (Å²) in [6.45, 7) is 8.03. The van der Waals surface area contributed by atoms with Crippen LogP contribution in [0.5, 0.6) is 0 Å². The van der Waals surface area contributed by atoms with E-state index in [1.54, 1.807) is 28.7 Å². The first kappa shape index (κ1) is 29.3. The molecule has 1 rings (SSSR count). The summed E-state index contributed by atoms with van der Waals surface area (Å²) in [6.07, 6.45) is 6.85. The van der Waals surface area contributed by atoms with Gasteiger partial charge in [0, 0.05) is 57.4 Å². The van der Waals surface area contributed by atoms with Crippen LogP contribution in [0, 0.1) is 0 Å². The zero-order chi connectivity index (χ0) is 22.6. The SMILES string of the molecule is CC.CCC(=O)CCCCC(=O)NCCSSCCCC(=O)N1CCCC1COC. The first-order valence-corrected chi connectivity index (χ1v) is 13.9. The molecule has 0 aromatic rings. The van der Waals surface area contributed by atoms with Crippen LogP contribution in [-0.2, 0) is 19.1 Å². The molecular weight excluding hydrogens is 420 g/mol. The van der Waals surface area contributed by atoms with Crippen molar-refractivity contribution in [3.63, 3.8) is 0 Å². The van der Waals surface area contributed by atoms with Crippen molar-refractivity contribution in [3.8, 4) is 0 Å². The van der Waals surface area contributed by atoms with Crippen molar-refractivity contribution in [2.24, 2.45) is 0 Å². The molecule has 1 aliphatic rings. The van der Waals surface area contributed by atoms with Crippen LogP contribution >= 0.6 is 21.6 Å². The highest BCUT2D eigenvalue weighted by Crippen LogP contribution is 2.23. The highest BCUT2D eigenvalue weighted by Gasteiger charge is 2.27.